The van der Waals surface area contributed by atoms with Gasteiger partial charge in [0.2, 0.25) is 0 Å². The first-order valence-corrected chi connectivity index (χ1v) is 8.22. The fraction of sp³-hybridized carbons (Fsp3) is 0.263. The first-order chi connectivity index (χ1) is 12.0. The lowest BCUT2D eigenvalue weighted by atomic mass is 10.2. The quantitative estimate of drug-likeness (QED) is 0.707. The topological polar surface area (TPSA) is 62.6 Å². The summed E-state index contributed by atoms with van der Waals surface area (Å²) in [5, 5.41) is 5.49. The molecule has 0 aromatic heterocycles. The molecule has 2 amide bonds. The van der Waals surface area contributed by atoms with Crippen molar-refractivity contribution >= 4 is 17.5 Å². The molecule has 1 atom stereocenters. The van der Waals surface area contributed by atoms with Crippen LogP contribution in [-0.4, -0.2) is 32.0 Å². The minimum atomic E-state index is -0.267. The van der Waals surface area contributed by atoms with E-state index in [4.69, 9.17) is 0 Å². The fourth-order valence-electron chi connectivity index (χ4n) is 2.51. The molecule has 0 fully saturated rings. The molecule has 0 spiro atoms. The SMILES string of the molecule is CCNC(=O)c1cccc(NC(=O)C[NH+](C)Cc2ccccc2F)c1. The molecule has 1 unspecified atom stereocenters. The molecule has 6 heteroatoms. The number of quaternary nitrogens is 1. The zero-order valence-electron chi connectivity index (χ0n) is 14.4. The van der Waals surface area contributed by atoms with Gasteiger partial charge in [0.25, 0.3) is 11.8 Å². The summed E-state index contributed by atoms with van der Waals surface area (Å²) in [6.45, 7) is 3.00. The number of amides is 2. The van der Waals surface area contributed by atoms with Crippen molar-refractivity contribution in [3.8, 4) is 0 Å². The second kappa shape index (κ2) is 8.94. The number of benzene rings is 2. The van der Waals surface area contributed by atoms with Crippen LogP contribution in [0.1, 0.15) is 22.8 Å². The van der Waals surface area contributed by atoms with Gasteiger partial charge in [-0.2, -0.15) is 0 Å². The van der Waals surface area contributed by atoms with Gasteiger partial charge >= 0.3 is 0 Å². The molecule has 2 aromatic carbocycles. The Morgan fingerprint density at radius 3 is 2.60 bits per heavy atom. The first kappa shape index (κ1) is 18.6. The van der Waals surface area contributed by atoms with Crippen LogP contribution in [0.25, 0.3) is 0 Å². The van der Waals surface area contributed by atoms with E-state index in [1.807, 2.05) is 14.0 Å². The Bertz CT molecular complexity index is 749. The van der Waals surface area contributed by atoms with Gasteiger partial charge in [0.1, 0.15) is 12.4 Å². The third kappa shape index (κ3) is 5.69. The standard InChI is InChI=1S/C19H22FN3O2/c1-3-21-19(25)14-8-6-9-16(11-14)22-18(24)13-23(2)12-15-7-4-5-10-17(15)20/h4-11H,3,12-13H2,1-2H3,(H,21,25)(H,22,24)/p+1. The van der Waals surface area contributed by atoms with Crippen LogP contribution in [0.5, 0.6) is 0 Å². The minimum absolute atomic E-state index is 0.180. The summed E-state index contributed by atoms with van der Waals surface area (Å²) in [5.74, 6) is -0.639. The van der Waals surface area contributed by atoms with E-state index in [9.17, 15) is 14.0 Å². The summed E-state index contributed by atoms with van der Waals surface area (Å²) in [4.78, 5) is 24.9. The zero-order valence-corrected chi connectivity index (χ0v) is 14.4. The van der Waals surface area contributed by atoms with Gasteiger partial charge in [-0.1, -0.05) is 24.3 Å². The molecule has 0 radical (unpaired) electrons. The number of likely N-dealkylation sites (N-methyl/N-ethyl adjacent to an activating group) is 1. The fourth-order valence-corrected chi connectivity index (χ4v) is 2.51. The second-order valence-electron chi connectivity index (χ2n) is 5.89. The molecule has 3 N–H and O–H groups in total. The molecular formula is C19H23FN3O2+. The van der Waals surface area contributed by atoms with E-state index >= 15 is 0 Å². The van der Waals surface area contributed by atoms with E-state index in [0.717, 1.165) is 4.90 Å². The van der Waals surface area contributed by atoms with Gasteiger partial charge in [-0.3, -0.25) is 9.59 Å². The predicted molar refractivity (Wildman–Crippen MR) is 94.9 cm³/mol. The van der Waals surface area contributed by atoms with Gasteiger partial charge < -0.3 is 15.5 Å². The van der Waals surface area contributed by atoms with E-state index in [1.165, 1.54) is 6.07 Å². The molecule has 0 saturated carbocycles. The van der Waals surface area contributed by atoms with Crippen molar-refractivity contribution in [1.82, 2.24) is 5.32 Å². The maximum Gasteiger partial charge on any atom is 0.279 e. The van der Waals surface area contributed by atoms with E-state index in [0.29, 0.717) is 29.9 Å². The van der Waals surface area contributed by atoms with E-state index < -0.39 is 0 Å². The van der Waals surface area contributed by atoms with Crippen molar-refractivity contribution in [2.24, 2.45) is 0 Å². The molecule has 0 saturated heterocycles. The van der Waals surface area contributed by atoms with Crippen molar-refractivity contribution in [2.75, 3.05) is 25.5 Å². The molecule has 132 valence electrons. The average Bonchev–Trinajstić information content (AvgIpc) is 2.57. The molecule has 0 heterocycles. The van der Waals surface area contributed by atoms with Gasteiger partial charge in [0.15, 0.2) is 6.54 Å². The van der Waals surface area contributed by atoms with Gasteiger partial charge in [-0.15, -0.1) is 0 Å². The van der Waals surface area contributed by atoms with Crippen LogP contribution in [0.4, 0.5) is 10.1 Å². The van der Waals surface area contributed by atoms with E-state index in [1.54, 1.807) is 42.5 Å². The lowest BCUT2D eigenvalue weighted by Gasteiger charge is -2.14. The highest BCUT2D eigenvalue weighted by Gasteiger charge is 2.13. The second-order valence-corrected chi connectivity index (χ2v) is 5.89. The van der Waals surface area contributed by atoms with Gasteiger partial charge in [-0.05, 0) is 31.2 Å². The summed E-state index contributed by atoms with van der Waals surface area (Å²) in [5.41, 5.74) is 1.63. The highest BCUT2D eigenvalue weighted by Crippen LogP contribution is 2.10. The summed E-state index contributed by atoms with van der Waals surface area (Å²) < 4.78 is 13.7. The first-order valence-electron chi connectivity index (χ1n) is 8.22. The predicted octanol–water partition coefficient (Wildman–Crippen LogP) is 1.23. The summed E-state index contributed by atoms with van der Waals surface area (Å²) in [6, 6.07) is 13.3. The van der Waals surface area contributed by atoms with Crippen LogP contribution in [0.15, 0.2) is 48.5 Å². The maximum atomic E-state index is 13.7. The molecule has 5 nitrogen and oxygen atoms in total. The molecule has 2 aromatic rings. The van der Waals surface area contributed by atoms with Gasteiger partial charge in [0.05, 0.1) is 7.05 Å². The Balaban J connectivity index is 1.92. The summed E-state index contributed by atoms with van der Waals surface area (Å²) in [7, 11) is 1.83. The number of rotatable bonds is 7. The van der Waals surface area contributed by atoms with Crippen LogP contribution >= 0.6 is 0 Å². The van der Waals surface area contributed by atoms with Crippen LogP contribution in [0, 0.1) is 5.82 Å². The number of hydrogen-bond donors (Lipinski definition) is 3. The van der Waals surface area contributed by atoms with Gasteiger partial charge in [0, 0.05) is 23.4 Å². The van der Waals surface area contributed by atoms with Crippen LogP contribution < -0.4 is 15.5 Å². The van der Waals surface area contributed by atoms with E-state index in [-0.39, 0.29) is 24.2 Å². The Morgan fingerprint density at radius 1 is 1.12 bits per heavy atom. The molecule has 2 rings (SSSR count). The molecule has 0 aliphatic heterocycles. The van der Waals surface area contributed by atoms with Crippen molar-refractivity contribution in [3.05, 3.63) is 65.5 Å². The largest absolute Gasteiger partial charge is 0.352 e. The van der Waals surface area contributed by atoms with Crippen LogP contribution in [0.3, 0.4) is 0 Å². The minimum Gasteiger partial charge on any atom is -0.352 e. The Morgan fingerprint density at radius 2 is 1.88 bits per heavy atom. The maximum absolute atomic E-state index is 13.7. The van der Waals surface area contributed by atoms with Crippen molar-refractivity contribution < 1.29 is 18.9 Å². The van der Waals surface area contributed by atoms with Crippen LogP contribution in [-0.2, 0) is 11.3 Å². The third-order valence-corrected chi connectivity index (χ3v) is 3.66. The van der Waals surface area contributed by atoms with Gasteiger partial charge in [-0.25, -0.2) is 4.39 Å². The summed E-state index contributed by atoms with van der Waals surface area (Å²) >= 11 is 0. The molecule has 0 bridgehead atoms. The smallest absolute Gasteiger partial charge is 0.279 e. The lowest BCUT2D eigenvalue weighted by Crippen LogP contribution is -3.08. The normalized spacial score (nSPS) is 11.6. The van der Waals surface area contributed by atoms with Crippen molar-refractivity contribution in [2.45, 2.75) is 13.5 Å². The van der Waals surface area contributed by atoms with Crippen molar-refractivity contribution in [1.29, 1.82) is 0 Å². The number of carbonyl (C=O) groups is 2. The number of anilines is 1. The molecule has 0 aliphatic rings. The number of carbonyl (C=O) groups excluding carboxylic acids is 2. The Kier molecular flexibility index (Phi) is 6.65. The van der Waals surface area contributed by atoms with Crippen LogP contribution in [0.2, 0.25) is 0 Å². The number of halogens is 1. The summed E-state index contributed by atoms with van der Waals surface area (Å²) in [6.07, 6.45) is 0. The monoisotopic (exact) mass is 344 g/mol. The lowest BCUT2D eigenvalue weighted by molar-refractivity contribution is -0.885. The highest BCUT2D eigenvalue weighted by atomic mass is 19.1. The number of nitrogens with one attached hydrogen (secondary N) is 3. The molecule has 0 aliphatic carbocycles. The molecule has 25 heavy (non-hydrogen) atoms. The Hall–Kier alpha value is -2.73. The zero-order chi connectivity index (χ0) is 18.2. The third-order valence-electron chi connectivity index (χ3n) is 3.66. The average molecular weight is 344 g/mol. The highest BCUT2D eigenvalue weighted by molar-refractivity contribution is 5.97. The Labute approximate surface area is 146 Å². The molecular weight excluding hydrogens is 321 g/mol. The number of hydrogen-bond acceptors (Lipinski definition) is 2. The van der Waals surface area contributed by atoms with E-state index in [2.05, 4.69) is 10.6 Å². The van der Waals surface area contributed by atoms with Crippen molar-refractivity contribution in [3.63, 3.8) is 0 Å².